The second-order valence-electron chi connectivity index (χ2n) is 4.65. The molecule has 0 spiro atoms. The summed E-state index contributed by atoms with van der Waals surface area (Å²) in [6.45, 7) is 2.01. The zero-order valence-electron chi connectivity index (χ0n) is 10.9. The molecule has 19 heavy (non-hydrogen) atoms. The fourth-order valence-electron chi connectivity index (χ4n) is 2.45. The van der Waals surface area contributed by atoms with Crippen LogP contribution in [-0.2, 0) is 4.79 Å². The largest absolute Gasteiger partial charge is 0.853 e. The molecule has 102 valence electrons. The average molecular weight is 262 g/mol. The van der Waals surface area contributed by atoms with Crippen molar-refractivity contribution in [3.05, 3.63) is 47.3 Å². The topological polar surface area (TPSA) is 43.4 Å². The predicted octanol–water partition coefficient (Wildman–Crippen LogP) is 1.80. The summed E-state index contributed by atoms with van der Waals surface area (Å²) in [6, 6.07) is 5.29. The fourth-order valence-corrected chi connectivity index (χ4v) is 2.45. The molecule has 0 radical (unpaired) electrons. The molecule has 1 aliphatic heterocycles. The lowest BCUT2D eigenvalue weighted by Gasteiger charge is -2.37. The minimum Gasteiger partial charge on any atom is -0.853 e. The van der Waals surface area contributed by atoms with E-state index < -0.39 is 12.6 Å². The lowest BCUT2D eigenvalue weighted by molar-refractivity contribution is -0.378. The summed E-state index contributed by atoms with van der Waals surface area (Å²) in [7, 11) is 0. The first-order chi connectivity index (χ1) is 9.17. The Morgan fingerprint density at radius 3 is 2.68 bits per heavy atom. The number of piperidine rings is 1. The van der Waals surface area contributed by atoms with Crippen molar-refractivity contribution < 1.29 is 14.3 Å². The van der Waals surface area contributed by atoms with Crippen LogP contribution >= 0.6 is 0 Å². The average Bonchev–Trinajstić information content (AvgIpc) is 2.43. The van der Waals surface area contributed by atoms with Gasteiger partial charge in [0.25, 0.3) is 0 Å². The van der Waals surface area contributed by atoms with Crippen LogP contribution in [0, 0.1) is 5.82 Å². The molecule has 0 bridgehead atoms. The van der Waals surface area contributed by atoms with Crippen LogP contribution in [0.2, 0.25) is 0 Å². The van der Waals surface area contributed by atoms with Crippen molar-refractivity contribution in [2.45, 2.75) is 25.8 Å². The molecule has 1 aromatic rings. The van der Waals surface area contributed by atoms with Crippen molar-refractivity contribution in [2.75, 3.05) is 13.2 Å². The molecule has 1 atom stereocenters. The molecule has 0 unspecified atom stereocenters. The molecular formula is C15H17FNO2-. The first kappa shape index (κ1) is 13.7. The molecule has 1 amide bonds. The van der Waals surface area contributed by atoms with Crippen LogP contribution in [-0.4, -0.2) is 24.0 Å². The molecule has 2 rings (SSSR count). The van der Waals surface area contributed by atoms with Crippen LogP contribution in [0.1, 0.15) is 31.4 Å². The van der Waals surface area contributed by atoms with Crippen LogP contribution in [0.3, 0.4) is 0 Å². The van der Waals surface area contributed by atoms with Gasteiger partial charge in [-0.05, 0) is 37.5 Å². The number of amides is 1. The summed E-state index contributed by atoms with van der Waals surface area (Å²) < 4.78 is 12.9. The molecule has 0 aliphatic carbocycles. The lowest BCUT2D eigenvalue weighted by atomic mass is 9.98. The Hall–Kier alpha value is -1.68. The van der Waals surface area contributed by atoms with Gasteiger partial charge in [-0.3, -0.25) is 4.79 Å². The van der Waals surface area contributed by atoms with Crippen LogP contribution in [0.5, 0.6) is 0 Å². The van der Waals surface area contributed by atoms with Gasteiger partial charge in [-0.15, -0.1) is 6.61 Å². The van der Waals surface area contributed by atoms with E-state index in [1.54, 1.807) is 23.1 Å². The highest BCUT2D eigenvalue weighted by molar-refractivity contribution is 5.94. The molecule has 4 heteroatoms. The van der Waals surface area contributed by atoms with Gasteiger partial charge in [0.15, 0.2) is 0 Å². The first-order valence-electron chi connectivity index (χ1n) is 6.47. The molecule has 1 aliphatic rings. The highest BCUT2D eigenvalue weighted by Crippen LogP contribution is 2.27. The van der Waals surface area contributed by atoms with Crippen LogP contribution in [0.4, 0.5) is 4.39 Å². The number of carbonyl (C=O) groups is 1. The smallest absolute Gasteiger partial charge is 0.249 e. The second-order valence-corrected chi connectivity index (χ2v) is 4.65. The van der Waals surface area contributed by atoms with E-state index >= 15 is 0 Å². The number of rotatable bonds is 3. The molecule has 1 heterocycles. The molecule has 0 saturated carbocycles. The van der Waals surface area contributed by atoms with Crippen LogP contribution < -0.4 is 5.11 Å². The van der Waals surface area contributed by atoms with Gasteiger partial charge in [0.2, 0.25) is 5.91 Å². The molecule has 0 N–H and O–H groups in total. The maximum atomic E-state index is 12.9. The van der Waals surface area contributed by atoms with E-state index in [9.17, 15) is 14.3 Å². The Morgan fingerprint density at radius 1 is 1.42 bits per heavy atom. The fraction of sp³-hybridized carbons (Fsp3) is 0.400. The molecule has 0 aromatic heterocycles. The number of halogens is 1. The lowest BCUT2D eigenvalue weighted by Crippen LogP contribution is -2.43. The van der Waals surface area contributed by atoms with E-state index in [1.807, 2.05) is 6.92 Å². The zero-order chi connectivity index (χ0) is 13.8. The van der Waals surface area contributed by atoms with Gasteiger partial charge in [-0.2, -0.15) is 0 Å². The second kappa shape index (κ2) is 5.97. The number of hydrogen-bond donors (Lipinski definition) is 0. The van der Waals surface area contributed by atoms with Crippen molar-refractivity contribution in [1.29, 1.82) is 0 Å². The number of allylic oxidation sites excluding steroid dienone is 1. The van der Waals surface area contributed by atoms with Gasteiger partial charge in [0.1, 0.15) is 5.82 Å². The predicted molar refractivity (Wildman–Crippen MR) is 68.7 cm³/mol. The summed E-state index contributed by atoms with van der Waals surface area (Å²) in [5.74, 6) is -0.411. The minimum absolute atomic E-state index is 0.0704. The van der Waals surface area contributed by atoms with Crippen LogP contribution in [0.25, 0.3) is 0 Å². The summed E-state index contributed by atoms with van der Waals surface area (Å²) in [4.78, 5) is 13.9. The quantitative estimate of drug-likeness (QED) is 0.779. The third kappa shape index (κ3) is 2.84. The van der Waals surface area contributed by atoms with Gasteiger partial charge < -0.3 is 10.0 Å². The zero-order valence-corrected chi connectivity index (χ0v) is 10.9. The molecule has 1 saturated heterocycles. The van der Waals surface area contributed by atoms with E-state index in [0.717, 1.165) is 18.4 Å². The molecular weight excluding hydrogens is 245 g/mol. The van der Waals surface area contributed by atoms with Gasteiger partial charge in [0, 0.05) is 18.2 Å². The molecule has 1 aromatic carbocycles. The van der Waals surface area contributed by atoms with E-state index in [4.69, 9.17) is 0 Å². The van der Waals surface area contributed by atoms with E-state index in [0.29, 0.717) is 12.1 Å². The van der Waals surface area contributed by atoms with E-state index in [1.165, 1.54) is 12.1 Å². The Kier molecular flexibility index (Phi) is 4.32. The highest BCUT2D eigenvalue weighted by Gasteiger charge is 2.27. The van der Waals surface area contributed by atoms with Crippen molar-refractivity contribution >= 4 is 5.91 Å². The van der Waals surface area contributed by atoms with Gasteiger partial charge in [-0.1, -0.05) is 18.2 Å². The maximum absolute atomic E-state index is 12.9. The third-order valence-corrected chi connectivity index (χ3v) is 3.52. The Labute approximate surface area is 112 Å². The van der Waals surface area contributed by atoms with E-state index in [-0.39, 0.29) is 11.7 Å². The van der Waals surface area contributed by atoms with Gasteiger partial charge >= 0.3 is 0 Å². The molecule has 1 fully saturated rings. The number of carbonyl (C=O) groups excluding carboxylic acids is 1. The van der Waals surface area contributed by atoms with Crippen molar-refractivity contribution in [3.8, 4) is 0 Å². The highest BCUT2D eigenvalue weighted by atomic mass is 19.1. The first-order valence-corrected chi connectivity index (χ1v) is 6.47. The number of hydrogen-bond acceptors (Lipinski definition) is 2. The number of likely N-dealkylation sites (tertiary alicyclic amines) is 1. The monoisotopic (exact) mass is 262 g/mol. The van der Waals surface area contributed by atoms with Crippen LogP contribution in [0.15, 0.2) is 35.9 Å². The number of nitrogens with zero attached hydrogens (tertiary/aromatic N) is 1. The third-order valence-electron chi connectivity index (χ3n) is 3.52. The molecule has 3 nitrogen and oxygen atoms in total. The SMILES string of the molecule is C/C=C1\CCCN([C@@H](C[O-])c2ccc(F)cc2)C1=O. The normalized spacial score (nSPS) is 19.8. The van der Waals surface area contributed by atoms with Crippen molar-refractivity contribution in [2.24, 2.45) is 0 Å². The summed E-state index contributed by atoms with van der Waals surface area (Å²) in [5.41, 5.74) is 1.45. The Morgan fingerprint density at radius 2 is 2.11 bits per heavy atom. The Bertz CT molecular complexity index is 481. The standard InChI is InChI=1S/C15H17FNO2/c1-2-11-4-3-9-17(15(11)19)14(10-18)12-5-7-13(16)8-6-12/h2,5-8,14H,3-4,9-10H2,1H3/q-1/b11-2+/t14-/m0/s1. The summed E-state index contributed by atoms with van der Waals surface area (Å²) in [6.07, 6.45) is 3.44. The van der Waals surface area contributed by atoms with Gasteiger partial charge in [0.05, 0.1) is 0 Å². The summed E-state index contributed by atoms with van der Waals surface area (Å²) >= 11 is 0. The van der Waals surface area contributed by atoms with E-state index in [2.05, 4.69) is 0 Å². The Balaban J connectivity index is 2.26. The maximum Gasteiger partial charge on any atom is 0.249 e. The minimum atomic E-state index is -0.511. The van der Waals surface area contributed by atoms with Crippen molar-refractivity contribution in [1.82, 2.24) is 4.90 Å². The summed E-state index contributed by atoms with van der Waals surface area (Å²) in [5, 5.41) is 11.4. The van der Waals surface area contributed by atoms with Gasteiger partial charge in [-0.25, -0.2) is 4.39 Å². The van der Waals surface area contributed by atoms with Crippen molar-refractivity contribution in [3.63, 3.8) is 0 Å². The number of benzene rings is 1.